The molecule has 0 saturated carbocycles. The first-order chi connectivity index (χ1) is 11.3. The minimum absolute atomic E-state index is 3.08. The van der Waals surface area contributed by atoms with Gasteiger partial charge in [0.2, 0.25) is 5.82 Å². The molecule has 16 heteroatoms. The summed E-state index contributed by atoms with van der Waals surface area (Å²) in [5.41, 5.74) is -3.51. The van der Waals surface area contributed by atoms with Crippen molar-refractivity contribution in [2.24, 2.45) is 0 Å². The lowest BCUT2D eigenvalue weighted by Crippen LogP contribution is -2.65. The molecular weight excluding hydrogens is 419 g/mol. The van der Waals surface area contributed by atoms with Crippen LogP contribution in [0, 0.1) is 29.1 Å². The predicted molar refractivity (Wildman–Crippen MR) is 50.7 cm³/mol. The molecule has 1 rings (SSSR count). The maximum absolute atomic E-state index is 13.3. The summed E-state index contributed by atoms with van der Waals surface area (Å²) >= 11 is 0. The highest BCUT2D eigenvalue weighted by Gasteiger charge is 2.84. The van der Waals surface area contributed by atoms with Crippen molar-refractivity contribution in [2.75, 3.05) is 5.12 Å². The fourth-order valence-corrected chi connectivity index (χ4v) is 1.40. The Bertz CT molecular complexity index is 676. The molecule has 0 spiro atoms. The number of benzene rings is 1. The number of hydrogen-bond donors (Lipinski definition) is 0. The SMILES string of the molecule is Fc1c(F)c(F)c(N(F)C(F)(F)C(F)(F)C(F)(F)C(F)(F)F)c(F)c1F. The highest BCUT2D eigenvalue weighted by molar-refractivity contribution is 5.50. The van der Waals surface area contributed by atoms with E-state index in [0.29, 0.717) is 0 Å². The molecule has 0 radical (unpaired) electrons. The summed E-state index contributed by atoms with van der Waals surface area (Å²) in [6, 6.07) is -7.41. The van der Waals surface area contributed by atoms with Gasteiger partial charge in [-0.1, -0.05) is 4.48 Å². The van der Waals surface area contributed by atoms with E-state index in [4.69, 9.17) is 0 Å². The van der Waals surface area contributed by atoms with Gasteiger partial charge >= 0.3 is 24.1 Å². The van der Waals surface area contributed by atoms with Gasteiger partial charge in [0.05, 0.1) is 0 Å². The third-order valence-electron chi connectivity index (χ3n) is 2.76. The number of anilines is 1. The van der Waals surface area contributed by atoms with Crippen LogP contribution in [0.1, 0.15) is 0 Å². The zero-order valence-electron chi connectivity index (χ0n) is 11.1. The van der Waals surface area contributed by atoms with E-state index in [1.54, 1.807) is 0 Å². The molecule has 0 amide bonds. The minimum atomic E-state index is -7.74. The van der Waals surface area contributed by atoms with Crippen molar-refractivity contribution >= 4 is 5.69 Å². The molecule has 0 aromatic heterocycles. The van der Waals surface area contributed by atoms with Crippen LogP contribution in [0.4, 0.5) is 71.6 Å². The van der Waals surface area contributed by atoms with Crippen LogP contribution in [-0.4, -0.2) is 24.1 Å². The third kappa shape index (κ3) is 2.78. The Balaban J connectivity index is 3.66. The molecule has 1 aromatic rings. The second-order valence-corrected chi connectivity index (χ2v) is 4.39. The second-order valence-electron chi connectivity index (χ2n) is 4.39. The first-order valence-corrected chi connectivity index (χ1v) is 5.51. The average molecular weight is 419 g/mol. The maximum Gasteiger partial charge on any atom is 0.460 e. The van der Waals surface area contributed by atoms with Crippen LogP contribution in [0.5, 0.6) is 0 Å². The molecule has 0 fully saturated rings. The zero-order chi connectivity index (χ0) is 21.0. The summed E-state index contributed by atoms with van der Waals surface area (Å²) < 4.78 is 191. The summed E-state index contributed by atoms with van der Waals surface area (Å²) in [6.45, 7) is 0. The van der Waals surface area contributed by atoms with E-state index in [1.165, 1.54) is 0 Å². The standard InChI is InChI=1S/C10F15N/c11-1-2(12)4(14)6(5(15)3(1)13)26(25)10(23,24)8(18,19)7(16,17)9(20,21)22. The van der Waals surface area contributed by atoms with Crippen LogP contribution >= 0.6 is 0 Å². The van der Waals surface area contributed by atoms with Gasteiger partial charge in [0.1, 0.15) is 0 Å². The maximum atomic E-state index is 13.3. The average Bonchev–Trinajstić information content (AvgIpc) is 2.49. The Morgan fingerprint density at radius 1 is 0.500 bits per heavy atom. The summed E-state index contributed by atoms with van der Waals surface area (Å²) in [4.78, 5) is 0. The lowest BCUT2D eigenvalue weighted by atomic mass is 10.1. The predicted octanol–water partition coefficient (Wildman–Crippen LogP) is 5.50. The van der Waals surface area contributed by atoms with Crippen molar-refractivity contribution in [1.82, 2.24) is 0 Å². The largest absolute Gasteiger partial charge is 0.460 e. The summed E-state index contributed by atoms with van der Waals surface area (Å²) in [7, 11) is 0. The monoisotopic (exact) mass is 419 g/mol. The lowest BCUT2D eigenvalue weighted by molar-refractivity contribution is -0.399. The quantitative estimate of drug-likeness (QED) is 0.205. The molecule has 0 aliphatic heterocycles. The van der Waals surface area contributed by atoms with Gasteiger partial charge in [-0.25, -0.2) is 22.0 Å². The first-order valence-electron chi connectivity index (χ1n) is 5.51. The van der Waals surface area contributed by atoms with Gasteiger partial charge in [-0.2, -0.15) is 39.5 Å². The highest BCUT2D eigenvalue weighted by Crippen LogP contribution is 2.55. The van der Waals surface area contributed by atoms with Crippen LogP contribution in [0.3, 0.4) is 0 Å². The Hall–Kier alpha value is -2.03. The van der Waals surface area contributed by atoms with Crippen molar-refractivity contribution < 1.29 is 65.9 Å². The van der Waals surface area contributed by atoms with Crippen LogP contribution in [0.2, 0.25) is 0 Å². The van der Waals surface area contributed by atoms with Gasteiger partial charge in [0.15, 0.2) is 29.0 Å². The molecule has 0 atom stereocenters. The molecule has 0 aliphatic rings. The normalized spacial score (nSPS) is 14.0. The van der Waals surface area contributed by atoms with E-state index in [9.17, 15) is 65.9 Å². The molecule has 150 valence electrons. The van der Waals surface area contributed by atoms with Crippen molar-refractivity contribution in [3.8, 4) is 0 Å². The van der Waals surface area contributed by atoms with E-state index in [-0.39, 0.29) is 0 Å². The Kier molecular flexibility index (Phi) is 5.08. The van der Waals surface area contributed by atoms with Crippen molar-refractivity contribution in [3.05, 3.63) is 29.1 Å². The van der Waals surface area contributed by atoms with E-state index in [1.807, 2.05) is 0 Å². The van der Waals surface area contributed by atoms with Gasteiger partial charge in [-0.15, -0.1) is 5.12 Å². The molecule has 26 heavy (non-hydrogen) atoms. The van der Waals surface area contributed by atoms with E-state index in [0.717, 1.165) is 0 Å². The summed E-state index contributed by atoms with van der Waals surface area (Å²) in [5, 5.41) is -3.40. The van der Waals surface area contributed by atoms with Gasteiger partial charge in [0.25, 0.3) is 0 Å². The molecule has 0 N–H and O–H groups in total. The molecule has 0 bridgehead atoms. The topological polar surface area (TPSA) is 3.24 Å². The van der Waals surface area contributed by atoms with E-state index in [2.05, 4.69) is 0 Å². The Morgan fingerprint density at radius 3 is 1.12 bits per heavy atom. The second kappa shape index (κ2) is 6.00. The van der Waals surface area contributed by atoms with Crippen LogP contribution in [0.25, 0.3) is 0 Å². The highest BCUT2D eigenvalue weighted by atomic mass is 19.4. The summed E-state index contributed by atoms with van der Waals surface area (Å²) in [6.07, 6.45) is -7.41. The molecular formula is C10F15N. The number of alkyl halides is 9. The molecule has 0 aliphatic carbocycles. The molecule has 0 saturated heterocycles. The van der Waals surface area contributed by atoms with E-state index < -0.39 is 64.0 Å². The fourth-order valence-electron chi connectivity index (χ4n) is 1.40. The Labute approximate surface area is 131 Å². The van der Waals surface area contributed by atoms with Crippen LogP contribution in [-0.2, 0) is 0 Å². The van der Waals surface area contributed by atoms with Gasteiger partial charge in [0, 0.05) is 0 Å². The van der Waals surface area contributed by atoms with Crippen LogP contribution in [0.15, 0.2) is 0 Å². The smallest absolute Gasteiger partial charge is 0.201 e. The van der Waals surface area contributed by atoms with Crippen molar-refractivity contribution in [2.45, 2.75) is 24.1 Å². The minimum Gasteiger partial charge on any atom is -0.201 e. The lowest BCUT2D eigenvalue weighted by Gasteiger charge is -2.36. The fraction of sp³-hybridized carbons (Fsp3) is 0.400. The van der Waals surface area contributed by atoms with E-state index >= 15 is 0 Å². The molecule has 0 unspecified atom stereocenters. The molecule has 1 nitrogen and oxygen atoms in total. The van der Waals surface area contributed by atoms with Gasteiger partial charge < -0.3 is 0 Å². The first kappa shape index (κ1) is 22.0. The molecule has 0 heterocycles. The zero-order valence-corrected chi connectivity index (χ0v) is 11.1. The third-order valence-corrected chi connectivity index (χ3v) is 2.76. The van der Waals surface area contributed by atoms with Gasteiger partial charge in [-0.05, 0) is 0 Å². The number of rotatable bonds is 4. The number of nitrogens with zero attached hydrogens (tertiary/aromatic N) is 1. The van der Waals surface area contributed by atoms with Gasteiger partial charge in [-0.3, -0.25) is 0 Å². The summed E-state index contributed by atoms with van der Waals surface area (Å²) in [5.74, 6) is -31.9. The number of halogens is 15. The van der Waals surface area contributed by atoms with Crippen molar-refractivity contribution in [3.63, 3.8) is 0 Å². The molecule has 1 aromatic carbocycles. The Morgan fingerprint density at radius 2 is 0.808 bits per heavy atom. The van der Waals surface area contributed by atoms with Crippen molar-refractivity contribution in [1.29, 1.82) is 0 Å². The van der Waals surface area contributed by atoms with Crippen LogP contribution < -0.4 is 5.12 Å². The number of hydrogen-bond acceptors (Lipinski definition) is 1.